The van der Waals surface area contributed by atoms with Gasteiger partial charge in [-0.2, -0.15) is 0 Å². The zero-order valence-electron chi connectivity index (χ0n) is 17.0. The van der Waals surface area contributed by atoms with Crippen LogP contribution in [0.2, 0.25) is 0 Å². The summed E-state index contributed by atoms with van der Waals surface area (Å²) in [5.74, 6) is -0.535. The van der Waals surface area contributed by atoms with Gasteiger partial charge in [-0.05, 0) is 22.9 Å². The molecule has 4 aromatic rings. The maximum atomic E-state index is 13.0. The number of nitrogens with zero attached hydrogens (tertiary/aromatic N) is 4. The van der Waals surface area contributed by atoms with E-state index in [4.69, 9.17) is 4.98 Å². The first-order chi connectivity index (χ1) is 16.0. The van der Waals surface area contributed by atoms with Crippen LogP contribution in [0, 0.1) is 0 Å². The number of thiophene rings is 2. The molecule has 0 bridgehead atoms. The van der Waals surface area contributed by atoms with Crippen LogP contribution in [-0.4, -0.2) is 69.0 Å². The summed E-state index contributed by atoms with van der Waals surface area (Å²) in [5, 5.41) is 17.0. The molecule has 1 saturated heterocycles. The Balaban J connectivity index is 1.51. The van der Waals surface area contributed by atoms with Gasteiger partial charge in [0.15, 0.2) is 0 Å². The number of hydrogen-bond donors (Lipinski definition) is 3. The van der Waals surface area contributed by atoms with Crippen molar-refractivity contribution < 1.29 is 19.5 Å². The van der Waals surface area contributed by atoms with Gasteiger partial charge in [0.05, 0.1) is 16.8 Å². The highest BCUT2D eigenvalue weighted by Crippen LogP contribution is 2.39. The number of hydrogen-bond acceptors (Lipinski definition) is 8. The van der Waals surface area contributed by atoms with Crippen molar-refractivity contribution in [3.05, 3.63) is 40.3 Å². The lowest BCUT2D eigenvalue weighted by Gasteiger charge is -2.33. The van der Waals surface area contributed by atoms with E-state index in [1.807, 2.05) is 27.8 Å². The fourth-order valence-corrected chi connectivity index (χ4v) is 5.80. The third-order valence-electron chi connectivity index (χ3n) is 5.89. The minimum atomic E-state index is -0.952. The largest absolute Gasteiger partial charge is 0.465 e. The Morgan fingerprint density at radius 1 is 0.970 bits per heavy atom. The molecular formula is C21H16N6O4S2. The molecule has 2 aliphatic heterocycles. The van der Waals surface area contributed by atoms with Gasteiger partial charge in [-0.1, -0.05) is 0 Å². The molecule has 0 saturated carbocycles. The SMILES string of the molecule is O=C1NC(=O)C(c2c[nH]c3sccc23)=C1c1nc(N2CCN(C(=O)O)CC2)nc2sccc12. The van der Waals surface area contributed by atoms with Crippen molar-refractivity contribution in [3.63, 3.8) is 0 Å². The standard InChI is InChI=1S/C21H16N6O4S2/c28-16-13(12-9-22-18-10(12)1-7-32-18)14(17(29)24-16)15-11-2-8-33-19(11)25-20(23-15)26-3-5-27(6-4-26)21(30)31/h1-2,7-9,22H,3-6H2,(H,30,31)(H,24,28,29). The van der Waals surface area contributed by atoms with Gasteiger partial charge in [-0.3, -0.25) is 14.9 Å². The maximum absolute atomic E-state index is 13.0. The van der Waals surface area contributed by atoms with Crippen molar-refractivity contribution >= 4 is 78.1 Å². The van der Waals surface area contributed by atoms with Crippen LogP contribution in [0.4, 0.5) is 10.7 Å². The molecular weight excluding hydrogens is 464 g/mol. The molecule has 12 heteroatoms. The number of H-pyrrole nitrogens is 1. The predicted octanol–water partition coefficient (Wildman–Crippen LogP) is 2.60. The van der Waals surface area contributed by atoms with E-state index in [0.717, 1.165) is 10.2 Å². The van der Waals surface area contributed by atoms with Crippen LogP contribution < -0.4 is 10.2 Å². The number of aromatic amines is 1. The van der Waals surface area contributed by atoms with E-state index in [2.05, 4.69) is 15.3 Å². The van der Waals surface area contributed by atoms with Crippen molar-refractivity contribution in [2.45, 2.75) is 0 Å². The highest BCUT2D eigenvalue weighted by atomic mass is 32.1. The van der Waals surface area contributed by atoms with Crippen LogP contribution in [0.15, 0.2) is 29.1 Å². The molecule has 6 heterocycles. The van der Waals surface area contributed by atoms with Crippen molar-refractivity contribution in [1.82, 2.24) is 25.2 Å². The Morgan fingerprint density at radius 3 is 2.48 bits per heavy atom. The second kappa shape index (κ2) is 7.39. The van der Waals surface area contributed by atoms with Gasteiger partial charge in [0, 0.05) is 48.7 Å². The molecule has 10 nitrogen and oxygen atoms in total. The molecule has 0 atom stereocenters. The minimum Gasteiger partial charge on any atom is -0.465 e. The van der Waals surface area contributed by atoms with Crippen LogP contribution in [0.5, 0.6) is 0 Å². The van der Waals surface area contributed by atoms with E-state index >= 15 is 0 Å². The number of fused-ring (bicyclic) bond motifs is 2. The number of amides is 3. The summed E-state index contributed by atoms with van der Waals surface area (Å²) in [4.78, 5) is 54.6. The van der Waals surface area contributed by atoms with Crippen molar-refractivity contribution in [2.24, 2.45) is 0 Å². The number of aromatic nitrogens is 3. The van der Waals surface area contributed by atoms with E-state index in [1.165, 1.54) is 27.6 Å². The fraction of sp³-hybridized carbons (Fsp3) is 0.190. The van der Waals surface area contributed by atoms with Crippen LogP contribution in [0.25, 0.3) is 31.6 Å². The van der Waals surface area contributed by atoms with Crippen molar-refractivity contribution in [2.75, 3.05) is 31.1 Å². The molecule has 2 aliphatic rings. The summed E-state index contributed by atoms with van der Waals surface area (Å²) < 4.78 is 0. The number of nitrogens with one attached hydrogen (secondary N) is 2. The molecule has 3 N–H and O–H groups in total. The third-order valence-corrected chi connectivity index (χ3v) is 7.54. The Kier molecular flexibility index (Phi) is 4.45. The summed E-state index contributed by atoms with van der Waals surface area (Å²) >= 11 is 2.94. The van der Waals surface area contributed by atoms with Gasteiger partial charge >= 0.3 is 6.09 Å². The van der Waals surface area contributed by atoms with Crippen LogP contribution >= 0.6 is 22.7 Å². The van der Waals surface area contributed by atoms with Crippen LogP contribution in [0.3, 0.4) is 0 Å². The van der Waals surface area contributed by atoms with E-state index in [1.54, 1.807) is 6.20 Å². The summed E-state index contributed by atoms with van der Waals surface area (Å²) in [6, 6.07) is 3.76. The second-order valence-corrected chi connectivity index (χ2v) is 9.48. The first-order valence-corrected chi connectivity index (χ1v) is 11.9. The number of piperazine rings is 1. The summed E-state index contributed by atoms with van der Waals surface area (Å²) in [5.41, 5.74) is 1.57. The molecule has 6 rings (SSSR count). The topological polar surface area (TPSA) is 132 Å². The average molecular weight is 481 g/mol. The summed E-state index contributed by atoms with van der Waals surface area (Å²) in [6.07, 6.45) is 0.791. The quantitative estimate of drug-likeness (QED) is 0.384. The maximum Gasteiger partial charge on any atom is 0.407 e. The molecule has 3 amide bonds. The molecule has 0 radical (unpaired) electrons. The predicted molar refractivity (Wildman–Crippen MR) is 125 cm³/mol. The van der Waals surface area contributed by atoms with Gasteiger partial charge < -0.3 is 19.9 Å². The molecule has 0 unspecified atom stereocenters. The van der Waals surface area contributed by atoms with Gasteiger partial charge in [-0.25, -0.2) is 14.8 Å². The summed E-state index contributed by atoms with van der Waals surface area (Å²) in [7, 11) is 0. The third kappa shape index (κ3) is 3.09. The lowest BCUT2D eigenvalue weighted by molar-refractivity contribution is -0.122. The molecule has 1 fully saturated rings. The smallest absolute Gasteiger partial charge is 0.407 e. The molecule has 33 heavy (non-hydrogen) atoms. The van der Waals surface area contributed by atoms with Gasteiger partial charge in [0.1, 0.15) is 9.66 Å². The lowest BCUT2D eigenvalue weighted by atomic mass is 9.98. The number of carboxylic acid groups (broad SMARTS) is 1. The Bertz CT molecular complexity index is 1490. The minimum absolute atomic E-state index is 0.225. The molecule has 0 aliphatic carbocycles. The summed E-state index contributed by atoms with van der Waals surface area (Å²) in [6.45, 7) is 1.55. The second-order valence-electron chi connectivity index (χ2n) is 7.67. The van der Waals surface area contributed by atoms with Crippen LogP contribution in [0.1, 0.15) is 11.3 Å². The van der Waals surface area contributed by atoms with Gasteiger partial charge in [0.25, 0.3) is 11.8 Å². The van der Waals surface area contributed by atoms with Gasteiger partial charge in [0.2, 0.25) is 5.95 Å². The molecule has 0 aromatic carbocycles. The normalized spacial score (nSPS) is 17.0. The fourth-order valence-electron chi connectivity index (χ4n) is 4.27. The number of carbonyl (C=O) groups excluding carboxylic acids is 2. The number of rotatable bonds is 3. The first-order valence-electron chi connectivity index (χ1n) is 10.1. The monoisotopic (exact) mass is 480 g/mol. The van der Waals surface area contributed by atoms with E-state index in [-0.39, 0.29) is 11.1 Å². The van der Waals surface area contributed by atoms with Gasteiger partial charge in [-0.15, -0.1) is 22.7 Å². The van der Waals surface area contributed by atoms with E-state index in [9.17, 15) is 19.5 Å². The van der Waals surface area contributed by atoms with Crippen molar-refractivity contribution in [3.8, 4) is 0 Å². The molecule has 4 aromatic heterocycles. The van der Waals surface area contributed by atoms with Crippen LogP contribution in [-0.2, 0) is 9.59 Å². The Morgan fingerprint density at radius 2 is 1.70 bits per heavy atom. The first kappa shape index (κ1) is 19.9. The number of carbonyl (C=O) groups is 3. The highest BCUT2D eigenvalue weighted by Gasteiger charge is 2.36. The lowest BCUT2D eigenvalue weighted by Crippen LogP contribution is -2.48. The average Bonchev–Trinajstić information content (AvgIpc) is 3.57. The Hall–Kier alpha value is -3.77. The number of imide groups is 1. The van der Waals surface area contributed by atoms with Crippen molar-refractivity contribution in [1.29, 1.82) is 0 Å². The number of anilines is 1. The highest BCUT2D eigenvalue weighted by molar-refractivity contribution is 7.17. The zero-order valence-corrected chi connectivity index (χ0v) is 18.6. The zero-order chi connectivity index (χ0) is 22.7. The van der Waals surface area contributed by atoms with E-state index in [0.29, 0.717) is 53.6 Å². The Labute approximate surface area is 194 Å². The molecule has 166 valence electrons. The molecule has 0 spiro atoms. The van der Waals surface area contributed by atoms with E-state index < -0.39 is 17.9 Å².